The van der Waals surface area contributed by atoms with Crippen molar-refractivity contribution in [2.75, 3.05) is 5.73 Å². The molecule has 0 aliphatic carbocycles. The number of rotatable bonds is 5. The summed E-state index contributed by atoms with van der Waals surface area (Å²) in [5.41, 5.74) is 3.84. The van der Waals surface area contributed by atoms with Crippen LogP contribution >= 0.6 is 0 Å². The van der Waals surface area contributed by atoms with Gasteiger partial charge in [0.15, 0.2) is 0 Å². The summed E-state index contributed by atoms with van der Waals surface area (Å²) in [7, 11) is -1.41. The second-order valence-electron chi connectivity index (χ2n) is 6.07. The van der Waals surface area contributed by atoms with Crippen LogP contribution in [-0.2, 0) is 4.65 Å². The largest absolute Gasteiger partial charge is 0.491 e. The molecule has 8 heteroatoms. The van der Waals surface area contributed by atoms with E-state index in [1.54, 1.807) is 34.6 Å². The molecule has 0 spiro atoms. The Hall–Kier alpha value is -1.64. The van der Waals surface area contributed by atoms with Gasteiger partial charge in [-0.2, -0.15) is 0 Å². The van der Waals surface area contributed by atoms with Gasteiger partial charge in [-0.15, -0.1) is 0 Å². The summed E-state index contributed by atoms with van der Waals surface area (Å²) in [5.74, 6) is 0. The summed E-state index contributed by atoms with van der Waals surface area (Å²) >= 11 is 0. The Morgan fingerprint density at radius 2 is 1.86 bits per heavy atom. The molecule has 0 amide bonds. The molecule has 0 bridgehead atoms. The molecule has 4 N–H and O–H groups in total. The van der Waals surface area contributed by atoms with Crippen molar-refractivity contribution >= 4 is 24.0 Å². The zero-order valence-corrected chi connectivity index (χ0v) is 12.9. The number of aliphatic hydroxyl groups is 1. The number of nitro benzene ring substituents is 1. The van der Waals surface area contributed by atoms with Crippen LogP contribution in [0.1, 0.15) is 33.3 Å². The SMILES string of the molecule is Cc1cc(B(O)OC(C)(C)C(C)(C)O)cc([N+](=O)[O-])c1N. The molecule has 21 heavy (non-hydrogen) atoms. The number of hydrogen-bond acceptors (Lipinski definition) is 6. The van der Waals surface area contributed by atoms with Gasteiger partial charge in [-0.1, -0.05) is 6.07 Å². The predicted molar refractivity (Wildman–Crippen MR) is 81.3 cm³/mol. The van der Waals surface area contributed by atoms with Crippen molar-refractivity contribution in [3.05, 3.63) is 27.8 Å². The van der Waals surface area contributed by atoms with Crippen molar-refractivity contribution in [1.29, 1.82) is 0 Å². The minimum Gasteiger partial charge on any atom is -0.423 e. The molecule has 0 radical (unpaired) electrons. The molecule has 1 aromatic carbocycles. The van der Waals surface area contributed by atoms with E-state index in [9.17, 15) is 20.2 Å². The van der Waals surface area contributed by atoms with Crippen LogP contribution in [0.15, 0.2) is 12.1 Å². The maximum absolute atomic E-state index is 11.0. The number of anilines is 1. The van der Waals surface area contributed by atoms with E-state index in [0.29, 0.717) is 5.56 Å². The molecule has 0 fully saturated rings. The van der Waals surface area contributed by atoms with E-state index in [1.165, 1.54) is 12.1 Å². The van der Waals surface area contributed by atoms with Gasteiger partial charge in [0.2, 0.25) is 0 Å². The highest BCUT2D eigenvalue weighted by atomic mass is 16.6. The Morgan fingerprint density at radius 3 is 2.29 bits per heavy atom. The lowest BCUT2D eigenvalue weighted by atomic mass is 9.75. The van der Waals surface area contributed by atoms with E-state index in [1.807, 2.05) is 0 Å². The molecular weight excluding hydrogens is 275 g/mol. The monoisotopic (exact) mass is 296 g/mol. The van der Waals surface area contributed by atoms with Gasteiger partial charge in [0, 0.05) is 6.07 Å². The van der Waals surface area contributed by atoms with Crippen LogP contribution in [0.25, 0.3) is 0 Å². The standard InChI is InChI=1S/C13H21BN2O5/c1-8-6-9(7-10(11(8)15)16(19)20)14(18)21-13(4,5)12(2,3)17/h6-7,17-18H,15H2,1-5H3. The van der Waals surface area contributed by atoms with E-state index in [-0.39, 0.29) is 16.8 Å². The Labute approximate surface area is 124 Å². The second-order valence-corrected chi connectivity index (χ2v) is 6.07. The average molecular weight is 296 g/mol. The maximum Gasteiger partial charge on any atom is 0.491 e. The Morgan fingerprint density at radius 1 is 1.33 bits per heavy atom. The van der Waals surface area contributed by atoms with Crippen LogP contribution in [0.5, 0.6) is 0 Å². The Bertz CT molecular complexity index is 554. The summed E-state index contributed by atoms with van der Waals surface area (Å²) in [6, 6.07) is 2.70. The molecule has 0 unspecified atom stereocenters. The highest BCUT2D eigenvalue weighted by Gasteiger charge is 2.40. The fourth-order valence-electron chi connectivity index (χ4n) is 1.59. The number of aryl methyl sites for hydroxylation is 1. The molecule has 0 heterocycles. The van der Waals surface area contributed by atoms with Crippen molar-refractivity contribution in [1.82, 2.24) is 0 Å². The highest BCUT2D eigenvalue weighted by molar-refractivity contribution is 6.60. The van der Waals surface area contributed by atoms with Crippen molar-refractivity contribution in [3.63, 3.8) is 0 Å². The summed E-state index contributed by atoms with van der Waals surface area (Å²) in [6.07, 6.45) is 0. The van der Waals surface area contributed by atoms with Crippen LogP contribution in [0.2, 0.25) is 0 Å². The number of hydrogen-bond donors (Lipinski definition) is 3. The summed E-state index contributed by atoms with van der Waals surface area (Å²) < 4.78 is 5.46. The van der Waals surface area contributed by atoms with Gasteiger partial charge < -0.3 is 20.5 Å². The minimum atomic E-state index is -1.41. The molecule has 7 nitrogen and oxygen atoms in total. The van der Waals surface area contributed by atoms with Crippen LogP contribution in [0.3, 0.4) is 0 Å². The predicted octanol–water partition coefficient (Wildman–Crippen LogP) is 0.739. The van der Waals surface area contributed by atoms with Crippen molar-refractivity contribution in [2.45, 2.75) is 45.8 Å². The highest BCUT2D eigenvalue weighted by Crippen LogP contribution is 2.27. The second kappa shape index (κ2) is 5.63. The third-order valence-electron chi connectivity index (χ3n) is 3.75. The first-order valence-corrected chi connectivity index (χ1v) is 6.49. The van der Waals surface area contributed by atoms with Gasteiger partial charge in [0.1, 0.15) is 5.69 Å². The molecule has 0 aromatic heterocycles. The van der Waals surface area contributed by atoms with Crippen LogP contribution in [-0.4, -0.2) is 33.4 Å². The van der Waals surface area contributed by atoms with Crippen LogP contribution in [0.4, 0.5) is 11.4 Å². The Balaban J connectivity index is 3.15. The van der Waals surface area contributed by atoms with Gasteiger partial charge >= 0.3 is 7.12 Å². The Kier molecular flexibility index (Phi) is 4.67. The third kappa shape index (κ3) is 3.72. The molecule has 0 atom stereocenters. The zero-order valence-electron chi connectivity index (χ0n) is 12.9. The molecule has 1 aromatic rings. The van der Waals surface area contributed by atoms with E-state index in [2.05, 4.69) is 0 Å². The quantitative estimate of drug-likeness (QED) is 0.319. The van der Waals surface area contributed by atoms with Crippen molar-refractivity contribution in [2.24, 2.45) is 0 Å². The molecular formula is C13H21BN2O5. The van der Waals surface area contributed by atoms with Gasteiger partial charge in [-0.25, -0.2) is 0 Å². The van der Waals surface area contributed by atoms with E-state index < -0.39 is 23.2 Å². The van der Waals surface area contributed by atoms with Gasteiger partial charge in [-0.3, -0.25) is 10.1 Å². The van der Waals surface area contributed by atoms with Crippen LogP contribution < -0.4 is 11.2 Å². The number of benzene rings is 1. The van der Waals surface area contributed by atoms with E-state index in [4.69, 9.17) is 10.4 Å². The lowest BCUT2D eigenvalue weighted by molar-refractivity contribution is -0.383. The van der Waals surface area contributed by atoms with E-state index >= 15 is 0 Å². The summed E-state index contributed by atoms with van der Waals surface area (Å²) in [5, 5.41) is 31.1. The van der Waals surface area contributed by atoms with E-state index in [0.717, 1.165) is 0 Å². The van der Waals surface area contributed by atoms with Crippen molar-refractivity contribution < 1.29 is 19.7 Å². The fraction of sp³-hybridized carbons (Fsp3) is 0.538. The molecule has 0 saturated carbocycles. The molecule has 116 valence electrons. The first-order valence-electron chi connectivity index (χ1n) is 6.49. The topological polar surface area (TPSA) is 119 Å². The van der Waals surface area contributed by atoms with Gasteiger partial charge in [0.05, 0.1) is 16.1 Å². The smallest absolute Gasteiger partial charge is 0.423 e. The molecule has 0 aliphatic heterocycles. The number of nitro groups is 1. The summed E-state index contributed by atoms with van der Waals surface area (Å²) in [4.78, 5) is 10.3. The fourth-order valence-corrected chi connectivity index (χ4v) is 1.59. The van der Waals surface area contributed by atoms with Gasteiger partial charge in [0.25, 0.3) is 5.69 Å². The number of nitrogen functional groups attached to an aromatic ring is 1. The number of nitrogens with zero attached hydrogens (tertiary/aromatic N) is 1. The number of nitrogens with two attached hydrogens (primary N) is 1. The summed E-state index contributed by atoms with van der Waals surface area (Å²) in [6.45, 7) is 7.95. The lowest BCUT2D eigenvalue weighted by Gasteiger charge is -2.38. The first-order chi connectivity index (χ1) is 9.36. The maximum atomic E-state index is 11.0. The third-order valence-corrected chi connectivity index (χ3v) is 3.75. The van der Waals surface area contributed by atoms with Gasteiger partial charge in [-0.05, 0) is 45.6 Å². The molecule has 1 rings (SSSR count). The molecule has 0 aliphatic rings. The van der Waals surface area contributed by atoms with Crippen LogP contribution in [0, 0.1) is 17.0 Å². The van der Waals surface area contributed by atoms with Crippen molar-refractivity contribution in [3.8, 4) is 0 Å². The first kappa shape index (κ1) is 17.4. The zero-order chi connectivity index (χ0) is 16.6. The minimum absolute atomic E-state index is 0.0534. The molecule has 0 saturated heterocycles. The average Bonchev–Trinajstić information content (AvgIpc) is 2.29. The normalized spacial score (nSPS) is 12.3. The lowest BCUT2D eigenvalue weighted by Crippen LogP contribution is -2.53.